The van der Waals surface area contributed by atoms with Gasteiger partial charge < -0.3 is 20.3 Å². The molecule has 0 rings (SSSR count). The number of unbranched alkanes of at least 4 members (excludes halogenated alkanes) is 52. The Kier molecular flexibility index (Phi) is 64.4. The van der Waals surface area contributed by atoms with E-state index in [-0.39, 0.29) is 18.5 Å². The Bertz CT molecular complexity index is 1190. The van der Waals surface area contributed by atoms with E-state index in [1.165, 1.54) is 321 Å². The number of nitrogens with one attached hydrogen (secondary N) is 1. The average molecular weight is 1070 g/mol. The highest BCUT2D eigenvalue weighted by Crippen LogP contribution is 2.18. The Hall–Kier alpha value is -1.66. The minimum Gasteiger partial charge on any atom is -0.466 e. The highest BCUT2D eigenvalue weighted by molar-refractivity contribution is 5.76. The molecular weight excluding hydrogens is 935 g/mol. The summed E-state index contributed by atoms with van der Waals surface area (Å²) in [6.07, 6.45) is 82.4. The lowest BCUT2D eigenvalue weighted by atomic mass is 10.0. The van der Waals surface area contributed by atoms with Crippen molar-refractivity contribution in [1.29, 1.82) is 0 Å². The van der Waals surface area contributed by atoms with E-state index in [1.54, 1.807) is 6.08 Å². The molecule has 0 aliphatic heterocycles. The van der Waals surface area contributed by atoms with Crippen molar-refractivity contribution >= 4 is 11.9 Å². The molecule has 1 amide bonds. The Labute approximate surface area is 475 Å². The first-order valence-corrected chi connectivity index (χ1v) is 34.6. The predicted molar refractivity (Wildman–Crippen MR) is 333 cm³/mol. The van der Waals surface area contributed by atoms with Crippen LogP contribution in [0, 0.1) is 0 Å². The third-order valence-corrected chi connectivity index (χ3v) is 16.2. The Morgan fingerprint density at radius 2 is 0.618 bits per heavy atom. The van der Waals surface area contributed by atoms with Crippen LogP contribution in [0.2, 0.25) is 0 Å². The normalized spacial score (nSPS) is 12.6. The molecule has 2 unspecified atom stereocenters. The van der Waals surface area contributed by atoms with Crippen LogP contribution in [-0.4, -0.2) is 47.4 Å². The van der Waals surface area contributed by atoms with Crippen molar-refractivity contribution in [3.05, 3.63) is 24.3 Å². The van der Waals surface area contributed by atoms with Crippen LogP contribution in [0.3, 0.4) is 0 Å². The van der Waals surface area contributed by atoms with Gasteiger partial charge in [0.05, 0.1) is 25.4 Å². The van der Waals surface area contributed by atoms with Gasteiger partial charge in [0.2, 0.25) is 5.91 Å². The second-order valence-corrected chi connectivity index (χ2v) is 23.9. The number of aliphatic hydroxyl groups excluding tert-OH is 2. The monoisotopic (exact) mass is 1070 g/mol. The second-order valence-electron chi connectivity index (χ2n) is 23.9. The van der Waals surface area contributed by atoms with Crippen LogP contribution < -0.4 is 5.32 Å². The number of allylic oxidation sites excluding steroid dienone is 3. The zero-order valence-corrected chi connectivity index (χ0v) is 51.5. The lowest BCUT2D eigenvalue weighted by molar-refractivity contribution is -0.143. The van der Waals surface area contributed by atoms with Crippen LogP contribution in [0.4, 0.5) is 0 Å². The van der Waals surface area contributed by atoms with E-state index < -0.39 is 12.1 Å². The van der Waals surface area contributed by atoms with E-state index in [4.69, 9.17) is 4.74 Å². The number of rotatable bonds is 65. The van der Waals surface area contributed by atoms with E-state index in [2.05, 4.69) is 31.3 Å². The second kappa shape index (κ2) is 65.9. The molecule has 0 saturated carbocycles. The first-order valence-electron chi connectivity index (χ1n) is 34.6. The maximum absolute atomic E-state index is 12.5. The number of ether oxygens (including phenoxy) is 1. The molecule has 0 fully saturated rings. The molecule has 0 radical (unpaired) electrons. The fourth-order valence-corrected chi connectivity index (χ4v) is 10.9. The highest BCUT2D eigenvalue weighted by Gasteiger charge is 2.18. The van der Waals surface area contributed by atoms with Crippen LogP contribution in [0.1, 0.15) is 386 Å². The van der Waals surface area contributed by atoms with Gasteiger partial charge in [0.25, 0.3) is 0 Å². The third-order valence-electron chi connectivity index (χ3n) is 16.2. The summed E-state index contributed by atoms with van der Waals surface area (Å²) in [5, 5.41) is 23.2. The summed E-state index contributed by atoms with van der Waals surface area (Å²) in [5.74, 6) is -0.0536. The summed E-state index contributed by atoms with van der Waals surface area (Å²) in [6.45, 7) is 4.94. The van der Waals surface area contributed by atoms with Crippen LogP contribution in [0.15, 0.2) is 24.3 Å². The van der Waals surface area contributed by atoms with E-state index in [1.807, 2.05) is 6.08 Å². The van der Waals surface area contributed by atoms with Crippen LogP contribution in [-0.2, 0) is 14.3 Å². The number of aliphatic hydroxyl groups is 2. The van der Waals surface area contributed by atoms with Gasteiger partial charge in [-0.1, -0.05) is 340 Å². The number of carbonyl (C=O) groups excluding carboxylic acids is 2. The Morgan fingerprint density at radius 1 is 0.355 bits per heavy atom. The predicted octanol–water partition coefficient (Wildman–Crippen LogP) is 22.1. The SMILES string of the molecule is CCCCCCCCCCCCCCCCCCCCC/C=C/C(O)C(CO)NC(=O)CCCCCCCCCC/C=C\CCCCCCCCCCCCCCOC(=O)CCCCCCCCCCCCCCCC. The van der Waals surface area contributed by atoms with Crippen LogP contribution in [0.25, 0.3) is 0 Å². The summed E-state index contributed by atoms with van der Waals surface area (Å²) >= 11 is 0. The molecule has 0 aliphatic carbocycles. The number of carbonyl (C=O) groups is 2. The summed E-state index contributed by atoms with van der Waals surface area (Å²) in [4.78, 5) is 24.6. The van der Waals surface area contributed by atoms with E-state index in [9.17, 15) is 19.8 Å². The van der Waals surface area contributed by atoms with E-state index in [0.29, 0.717) is 19.4 Å². The molecule has 0 heterocycles. The maximum Gasteiger partial charge on any atom is 0.305 e. The molecule has 0 aromatic heterocycles. The summed E-state index contributed by atoms with van der Waals surface area (Å²) in [6, 6.07) is -0.632. The Morgan fingerprint density at radius 3 is 0.934 bits per heavy atom. The standard InChI is InChI=1S/C70H135NO5/c1-3-5-7-9-11-13-15-17-19-20-21-26-29-32-35-38-42-46-50-54-58-62-68(73)67(66-72)71-69(74)63-59-55-51-47-43-39-36-33-30-27-24-22-23-25-28-31-34-37-41-45-49-53-57-61-65-76-70(75)64-60-56-52-48-44-40-18-16-14-12-10-8-6-4-2/h24,27,58,62,67-68,72-73H,3-23,25-26,28-57,59-61,63-66H2,1-2H3,(H,71,74)/b27-24-,62-58+. The van der Waals surface area contributed by atoms with E-state index >= 15 is 0 Å². The van der Waals surface area contributed by atoms with Gasteiger partial charge in [0, 0.05) is 12.8 Å². The molecule has 76 heavy (non-hydrogen) atoms. The highest BCUT2D eigenvalue weighted by atomic mass is 16.5. The number of esters is 1. The quantitative estimate of drug-likeness (QED) is 0.0320. The molecule has 0 aromatic carbocycles. The summed E-state index contributed by atoms with van der Waals surface area (Å²) in [7, 11) is 0. The van der Waals surface area contributed by atoms with Crippen LogP contribution in [0.5, 0.6) is 0 Å². The van der Waals surface area contributed by atoms with Gasteiger partial charge in [-0.25, -0.2) is 0 Å². The molecule has 6 heteroatoms. The fraction of sp³-hybridized carbons (Fsp3) is 0.914. The topological polar surface area (TPSA) is 95.9 Å². The van der Waals surface area contributed by atoms with Gasteiger partial charge in [0.1, 0.15) is 0 Å². The summed E-state index contributed by atoms with van der Waals surface area (Å²) in [5.41, 5.74) is 0. The first kappa shape index (κ1) is 74.3. The fourth-order valence-electron chi connectivity index (χ4n) is 10.9. The maximum atomic E-state index is 12.5. The van der Waals surface area contributed by atoms with E-state index in [0.717, 1.165) is 38.5 Å². The molecule has 450 valence electrons. The largest absolute Gasteiger partial charge is 0.466 e. The molecule has 2 atom stereocenters. The minimum absolute atomic E-state index is 0.0150. The van der Waals surface area contributed by atoms with Crippen molar-refractivity contribution in [3.63, 3.8) is 0 Å². The van der Waals surface area contributed by atoms with Crippen molar-refractivity contribution in [3.8, 4) is 0 Å². The zero-order chi connectivity index (χ0) is 55.0. The van der Waals surface area contributed by atoms with Crippen LogP contribution >= 0.6 is 0 Å². The summed E-state index contributed by atoms with van der Waals surface area (Å²) < 4.78 is 5.49. The minimum atomic E-state index is -0.848. The molecule has 0 saturated heterocycles. The van der Waals surface area contributed by atoms with Gasteiger partial charge in [-0.3, -0.25) is 9.59 Å². The van der Waals surface area contributed by atoms with Gasteiger partial charge in [-0.2, -0.15) is 0 Å². The van der Waals surface area contributed by atoms with Gasteiger partial charge in [-0.05, 0) is 57.8 Å². The van der Waals surface area contributed by atoms with Gasteiger partial charge in [0.15, 0.2) is 0 Å². The van der Waals surface area contributed by atoms with Crippen molar-refractivity contribution in [1.82, 2.24) is 5.32 Å². The number of hydrogen-bond donors (Lipinski definition) is 3. The molecular formula is C70H135NO5. The molecule has 6 nitrogen and oxygen atoms in total. The molecule has 0 spiro atoms. The van der Waals surface area contributed by atoms with Crippen molar-refractivity contribution in [2.75, 3.05) is 13.2 Å². The third kappa shape index (κ3) is 61.6. The lowest BCUT2D eigenvalue weighted by Crippen LogP contribution is -2.45. The number of hydrogen-bond acceptors (Lipinski definition) is 5. The molecule has 3 N–H and O–H groups in total. The van der Waals surface area contributed by atoms with Gasteiger partial charge in [-0.15, -0.1) is 0 Å². The smallest absolute Gasteiger partial charge is 0.305 e. The van der Waals surface area contributed by atoms with Gasteiger partial charge >= 0.3 is 5.97 Å². The van der Waals surface area contributed by atoms with Crippen molar-refractivity contribution in [2.45, 2.75) is 398 Å². The zero-order valence-electron chi connectivity index (χ0n) is 51.5. The molecule has 0 aromatic rings. The first-order chi connectivity index (χ1) is 37.5. The lowest BCUT2D eigenvalue weighted by Gasteiger charge is -2.20. The number of amides is 1. The van der Waals surface area contributed by atoms with Crippen molar-refractivity contribution in [2.24, 2.45) is 0 Å². The molecule has 0 aliphatic rings. The van der Waals surface area contributed by atoms with Crippen molar-refractivity contribution < 1.29 is 24.5 Å². The average Bonchev–Trinajstić information content (AvgIpc) is 3.42. The molecule has 0 bridgehead atoms. The Balaban J connectivity index is 3.42.